The molecule has 2 aromatic carbocycles. The van der Waals surface area contributed by atoms with Gasteiger partial charge in [0, 0.05) is 6.16 Å². The summed E-state index contributed by atoms with van der Waals surface area (Å²) in [6, 6.07) is 16.7. The number of carbonyl (C=O) groups is 2. The van der Waals surface area contributed by atoms with E-state index in [0.717, 1.165) is 16.7 Å². The van der Waals surface area contributed by atoms with Gasteiger partial charge in [-0.2, -0.15) is 0 Å². The summed E-state index contributed by atoms with van der Waals surface area (Å²) < 4.78 is 17.5. The molecule has 0 aliphatic carbocycles. The van der Waals surface area contributed by atoms with Gasteiger partial charge in [0.2, 0.25) is 13.3 Å². The van der Waals surface area contributed by atoms with Crippen LogP contribution < -0.4 is 11.1 Å². The lowest BCUT2D eigenvalue weighted by atomic mass is 9.97. The third-order valence-corrected chi connectivity index (χ3v) is 7.27. The Kier molecular flexibility index (Phi) is 8.99. The van der Waals surface area contributed by atoms with E-state index >= 15 is 0 Å². The molecule has 4 N–H and O–H groups in total. The molecule has 2 aromatic rings. The van der Waals surface area contributed by atoms with Gasteiger partial charge in [0.05, 0.1) is 18.3 Å². The first kappa shape index (κ1) is 24.8. The van der Waals surface area contributed by atoms with Crippen LogP contribution in [0.5, 0.6) is 0 Å². The first-order valence-electron chi connectivity index (χ1n) is 10.3. The Bertz CT molecular complexity index is 915. The van der Waals surface area contributed by atoms with Crippen molar-refractivity contribution in [2.45, 2.75) is 39.0 Å². The zero-order valence-electron chi connectivity index (χ0n) is 18.2. The van der Waals surface area contributed by atoms with Crippen LogP contribution in [-0.2, 0) is 25.3 Å². The highest BCUT2D eigenvalue weighted by Gasteiger charge is 2.33. The smallest absolute Gasteiger partial charge is 0.328 e. The Labute approximate surface area is 183 Å². The number of hydrogen-bond donors (Lipinski definition) is 3. The first-order chi connectivity index (χ1) is 14.6. The van der Waals surface area contributed by atoms with Crippen molar-refractivity contribution in [2.24, 2.45) is 11.7 Å². The maximum absolute atomic E-state index is 12.9. The molecule has 8 heteroatoms. The number of hydrogen-bond acceptors (Lipinski definition) is 5. The van der Waals surface area contributed by atoms with Crippen LogP contribution in [-0.4, -0.2) is 41.4 Å². The van der Waals surface area contributed by atoms with Crippen molar-refractivity contribution in [1.82, 2.24) is 5.32 Å². The van der Waals surface area contributed by atoms with Gasteiger partial charge >= 0.3 is 5.97 Å². The van der Waals surface area contributed by atoms with E-state index in [1.165, 1.54) is 13.8 Å². The fourth-order valence-electron chi connectivity index (χ4n) is 3.13. The molecule has 0 heterocycles. The lowest BCUT2D eigenvalue weighted by molar-refractivity contribution is -0.147. The van der Waals surface area contributed by atoms with Crippen LogP contribution in [0.1, 0.15) is 26.3 Å². The number of ether oxygens (including phenoxy) is 1. The van der Waals surface area contributed by atoms with Crippen LogP contribution in [0.4, 0.5) is 0 Å². The largest absolute Gasteiger partial charge is 0.464 e. The van der Waals surface area contributed by atoms with Crippen LogP contribution in [0, 0.1) is 5.92 Å². The quantitative estimate of drug-likeness (QED) is 0.381. The van der Waals surface area contributed by atoms with Gasteiger partial charge < -0.3 is 20.7 Å². The van der Waals surface area contributed by atoms with Crippen molar-refractivity contribution in [2.75, 3.05) is 12.8 Å². The second-order valence-electron chi connectivity index (χ2n) is 7.63. The summed E-state index contributed by atoms with van der Waals surface area (Å²) in [5, 5.41) is 2.60. The van der Waals surface area contributed by atoms with Crippen molar-refractivity contribution >= 4 is 19.2 Å². The fraction of sp³-hybridized carbons (Fsp3) is 0.391. The van der Waals surface area contributed by atoms with E-state index in [1.807, 2.05) is 54.6 Å². The second kappa shape index (κ2) is 11.2. The lowest BCUT2D eigenvalue weighted by Crippen LogP contribution is -2.44. The summed E-state index contributed by atoms with van der Waals surface area (Å²) in [6.07, 6.45) is -0.0276. The molecule has 0 saturated carbocycles. The molecule has 1 amide bonds. The maximum atomic E-state index is 12.9. The Hall–Kier alpha value is -2.47. The normalized spacial score (nSPS) is 15.9. The average molecular weight is 446 g/mol. The summed E-state index contributed by atoms with van der Waals surface area (Å²) >= 11 is 0. The molecule has 1 unspecified atom stereocenters. The van der Waals surface area contributed by atoms with E-state index in [0.29, 0.717) is 0 Å². The Morgan fingerprint density at radius 1 is 1.06 bits per heavy atom. The summed E-state index contributed by atoms with van der Waals surface area (Å²) in [4.78, 5) is 35.0. The summed E-state index contributed by atoms with van der Waals surface area (Å²) in [5.41, 5.74) is 8.61. The van der Waals surface area contributed by atoms with Crippen LogP contribution in [0.15, 0.2) is 54.6 Å². The minimum atomic E-state index is -3.75. The third-order valence-electron chi connectivity index (χ3n) is 5.03. The maximum Gasteiger partial charge on any atom is 0.328 e. The highest BCUT2D eigenvalue weighted by Crippen LogP contribution is 2.46. The van der Waals surface area contributed by atoms with Crippen LogP contribution in [0.2, 0.25) is 0 Å². The topological polar surface area (TPSA) is 119 Å². The Morgan fingerprint density at radius 3 is 2.19 bits per heavy atom. The van der Waals surface area contributed by atoms with Crippen molar-refractivity contribution in [3.05, 3.63) is 60.2 Å². The molecular weight excluding hydrogens is 415 g/mol. The van der Waals surface area contributed by atoms with E-state index in [2.05, 4.69) is 5.32 Å². The van der Waals surface area contributed by atoms with Crippen LogP contribution >= 0.6 is 7.37 Å². The lowest BCUT2D eigenvalue weighted by Gasteiger charge is -2.23. The minimum absolute atomic E-state index is 0.201. The molecule has 7 nitrogen and oxygen atoms in total. The number of carbonyl (C=O) groups excluding carboxylic acids is 2. The molecular formula is C23H31N2O5P. The van der Waals surface area contributed by atoms with Gasteiger partial charge in [-0.1, -0.05) is 54.6 Å². The highest BCUT2D eigenvalue weighted by atomic mass is 31.2. The molecule has 31 heavy (non-hydrogen) atoms. The number of benzene rings is 2. The number of esters is 1. The number of rotatable bonds is 10. The first-order valence-corrected chi connectivity index (χ1v) is 12.2. The fourth-order valence-corrected chi connectivity index (χ4v) is 4.39. The second-order valence-corrected chi connectivity index (χ2v) is 10.3. The molecule has 4 atom stereocenters. The van der Waals surface area contributed by atoms with Gasteiger partial charge in [-0.15, -0.1) is 0 Å². The predicted molar refractivity (Wildman–Crippen MR) is 122 cm³/mol. The van der Waals surface area contributed by atoms with Crippen LogP contribution in [0.3, 0.4) is 0 Å². The van der Waals surface area contributed by atoms with Gasteiger partial charge in [0.15, 0.2) is 0 Å². The van der Waals surface area contributed by atoms with Crippen molar-refractivity contribution in [3.63, 3.8) is 0 Å². The molecule has 0 aliphatic heterocycles. The summed E-state index contributed by atoms with van der Waals surface area (Å²) in [7, 11) is -3.75. The van der Waals surface area contributed by atoms with Gasteiger partial charge in [-0.25, -0.2) is 4.79 Å². The molecule has 0 aliphatic rings. The average Bonchev–Trinajstić information content (AvgIpc) is 2.74. The molecule has 0 fully saturated rings. The molecule has 0 spiro atoms. The third kappa shape index (κ3) is 7.31. The standard InChI is InChI=1S/C23H31N2O5P/c1-4-30-23(27)16(2)25-22(26)21(15-31(28,29)17(3)24)14-18-10-12-20(13-11-18)19-8-6-5-7-9-19/h5-13,16-17,21H,4,14-15,24H2,1-3H3,(H,25,26)(H,28,29)/t16-,17+,21+/m0/s1. The Morgan fingerprint density at radius 2 is 1.65 bits per heavy atom. The number of nitrogens with one attached hydrogen (secondary N) is 1. The van der Waals surface area contributed by atoms with Gasteiger partial charge in [0.25, 0.3) is 0 Å². The summed E-state index contributed by atoms with van der Waals surface area (Å²) in [5.74, 6) is -2.81. The monoisotopic (exact) mass is 446 g/mol. The van der Waals surface area contributed by atoms with Gasteiger partial charge in [-0.05, 0) is 43.9 Å². The van der Waals surface area contributed by atoms with Crippen LogP contribution in [0.25, 0.3) is 11.1 Å². The SMILES string of the molecule is CCOC(=O)[C@H](C)NC(=O)[C@H](Cc1ccc(-c2ccccc2)cc1)CP(=O)(O)[C@H](C)N. The molecule has 0 radical (unpaired) electrons. The molecule has 0 bridgehead atoms. The zero-order chi connectivity index (χ0) is 23.0. The number of amides is 1. The highest BCUT2D eigenvalue weighted by molar-refractivity contribution is 7.58. The zero-order valence-corrected chi connectivity index (χ0v) is 19.0. The van der Waals surface area contributed by atoms with E-state index < -0.39 is 37.0 Å². The summed E-state index contributed by atoms with van der Waals surface area (Å²) in [6.45, 7) is 4.85. The predicted octanol–water partition coefficient (Wildman–Crippen LogP) is 3.16. The molecule has 0 saturated heterocycles. The van der Waals surface area contributed by atoms with Crippen molar-refractivity contribution in [3.8, 4) is 11.1 Å². The van der Waals surface area contributed by atoms with E-state index in [9.17, 15) is 19.0 Å². The van der Waals surface area contributed by atoms with Gasteiger partial charge in [0.1, 0.15) is 6.04 Å². The Balaban J connectivity index is 2.19. The minimum Gasteiger partial charge on any atom is -0.464 e. The van der Waals surface area contributed by atoms with Crippen molar-refractivity contribution in [1.29, 1.82) is 0 Å². The molecule has 2 rings (SSSR count). The molecule has 0 aromatic heterocycles. The molecule has 168 valence electrons. The van der Waals surface area contributed by atoms with E-state index in [4.69, 9.17) is 10.5 Å². The van der Waals surface area contributed by atoms with E-state index in [-0.39, 0.29) is 19.2 Å². The van der Waals surface area contributed by atoms with Gasteiger partial charge in [-0.3, -0.25) is 9.36 Å². The number of nitrogens with two attached hydrogens (primary N) is 1. The van der Waals surface area contributed by atoms with Crippen molar-refractivity contribution < 1.29 is 23.8 Å². The van der Waals surface area contributed by atoms with E-state index in [1.54, 1.807) is 6.92 Å².